The van der Waals surface area contributed by atoms with E-state index in [0.717, 1.165) is 10.0 Å². The number of nitrogens with one attached hydrogen (secondary N) is 1. The number of para-hydroxylation sites is 2. The van der Waals surface area contributed by atoms with Crippen molar-refractivity contribution in [1.82, 2.24) is 4.98 Å². The number of amides is 1. The van der Waals surface area contributed by atoms with Crippen LogP contribution in [-0.4, -0.2) is 23.6 Å². The van der Waals surface area contributed by atoms with Crippen molar-refractivity contribution in [3.63, 3.8) is 0 Å². The molecule has 3 rings (SSSR count). The molecule has 1 N–H and O–H groups in total. The molecule has 0 saturated carbocycles. The molecule has 0 fully saturated rings. The van der Waals surface area contributed by atoms with Crippen molar-refractivity contribution in [3.8, 4) is 11.5 Å². The number of nitrogens with zero attached hydrogens (tertiary/aromatic N) is 1. The maximum atomic E-state index is 12.2. The molecule has 0 spiro atoms. The minimum absolute atomic E-state index is 0.179. The van der Waals surface area contributed by atoms with Gasteiger partial charge in [0.15, 0.2) is 11.5 Å². The Morgan fingerprint density at radius 1 is 1.38 bits per heavy atom. The summed E-state index contributed by atoms with van der Waals surface area (Å²) in [6.07, 6.45) is 0.962. The number of carbonyl (C=O) groups is 1. The third kappa shape index (κ3) is 3.00. The van der Waals surface area contributed by atoms with E-state index >= 15 is 0 Å². The maximum absolute atomic E-state index is 12.2. The molecule has 1 atom stereocenters. The quantitative estimate of drug-likeness (QED) is 0.906. The van der Waals surface area contributed by atoms with Gasteiger partial charge in [0.1, 0.15) is 12.4 Å². The Morgan fingerprint density at radius 3 is 2.90 bits per heavy atom. The summed E-state index contributed by atoms with van der Waals surface area (Å²) in [5.41, 5.74) is 0.992. The highest BCUT2D eigenvalue weighted by Gasteiger charge is 2.27. The predicted octanol–water partition coefficient (Wildman–Crippen LogP) is 2.93. The van der Waals surface area contributed by atoms with Crippen LogP contribution in [0.25, 0.3) is 0 Å². The number of halogens is 1. The van der Waals surface area contributed by atoms with Crippen molar-refractivity contribution in [2.75, 3.05) is 11.9 Å². The molecule has 108 valence electrons. The van der Waals surface area contributed by atoms with Gasteiger partial charge in [0.25, 0.3) is 5.91 Å². The number of aromatic nitrogens is 1. The molecule has 1 unspecified atom stereocenters. The van der Waals surface area contributed by atoms with Gasteiger partial charge in [-0.1, -0.05) is 12.1 Å². The normalized spacial score (nSPS) is 16.4. The number of hydrogen-bond donors (Lipinski definition) is 1. The smallest absolute Gasteiger partial charge is 0.270 e. The van der Waals surface area contributed by atoms with Gasteiger partial charge in [0, 0.05) is 10.7 Å². The lowest BCUT2D eigenvalue weighted by molar-refractivity contribution is -0.125. The molecular formula is C15H13BrN2O3. The summed E-state index contributed by atoms with van der Waals surface area (Å²) in [7, 11) is 0. The molecule has 1 amide bonds. The van der Waals surface area contributed by atoms with Crippen LogP contribution in [0.3, 0.4) is 0 Å². The van der Waals surface area contributed by atoms with Gasteiger partial charge >= 0.3 is 0 Å². The second-order valence-corrected chi connectivity index (χ2v) is 5.53. The van der Waals surface area contributed by atoms with E-state index in [-0.39, 0.29) is 12.5 Å². The van der Waals surface area contributed by atoms with Gasteiger partial charge in [-0.2, -0.15) is 0 Å². The average molecular weight is 349 g/mol. The van der Waals surface area contributed by atoms with E-state index in [1.807, 2.05) is 25.1 Å². The van der Waals surface area contributed by atoms with Gasteiger partial charge in [0.2, 0.25) is 6.10 Å². The van der Waals surface area contributed by atoms with Gasteiger partial charge < -0.3 is 14.8 Å². The fraction of sp³-hybridized carbons (Fsp3) is 0.200. The number of anilines is 1. The fourth-order valence-corrected chi connectivity index (χ4v) is 2.18. The van der Waals surface area contributed by atoms with E-state index in [9.17, 15) is 4.79 Å². The first-order valence-electron chi connectivity index (χ1n) is 6.45. The minimum atomic E-state index is -0.689. The van der Waals surface area contributed by atoms with Gasteiger partial charge in [-0.05, 0) is 46.6 Å². The summed E-state index contributed by atoms with van der Waals surface area (Å²) in [6, 6.07) is 9.07. The first-order valence-corrected chi connectivity index (χ1v) is 7.24. The number of fused-ring (bicyclic) bond motifs is 1. The lowest BCUT2D eigenvalue weighted by Crippen LogP contribution is -2.40. The van der Waals surface area contributed by atoms with Crippen LogP contribution in [0.2, 0.25) is 0 Å². The van der Waals surface area contributed by atoms with Crippen molar-refractivity contribution in [1.29, 1.82) is 0 Å². The first kappa shape index (κ1) is 13.9. The van der Waals surface area contributed by atoms with Crippen molar-refractivity contribution in [2.45, 2.75) is 13.0 Å². The molecule has 1 aliphatic heterocycles. The maximum Gasteiger partial charge on any atom is 0.270 e. The second-order valence-electron chi connectivity index (χ2n) is 4.67. The summed E-state index contributed by atoms with van der Waals surface area (Å²) < 4.78 is 12.1. The molecule has 0 radical (unpaired) electrons. The van der Waals surface area contributed by atoms with Gasteiger partial charge in [0.05, 0.1) is 0 Å². The van der Waals surface area contributed by atoms with Crippen LogP contribution in [0.15, 0.2) is 41.0 Å². The van der Waals surface area contributed by atoms with Crippen molar-refractivity contribution >= 4 is 27.7 Å². The molecular weight excluding hydrogens is 336 g/mol. The zero-order valence-corrected chi connectivity index (χ0v) is 12.9. The van der Waals surface area contributed by atoms with Crippen LogP contribution in [-0.2, 0) is 4.79 Å². The van der Waals surface area contributed by atoms with E-state index in [2.05, 4.69) is 26.2 Å². The molecule has 21 heavy (non-hydrogen) atoms. The summed E-state index contributed by atoms with van der Waals surface area (Å²) in [4.78, 5) is 16.3. The SMILES string of the molecule is Cc1cc(NC(=O)C2COc3ccccc3O2)ncc1Br. The zero-order valence-electron chi connectivity index (χ0n) is 11.3. The third-order valence-corrected chi connectivity index (χ3v) is 3.93. The van der Waals surface area contributed by atoms with E-state index in [4.69, 9.17) is 9.47 Å². The average Bonchev–Trinajstić information content (AvgIpc) is 2.50. The fourth-order valence-electron chi connectivity index (χ4n) is 1.96. The summed E-state index contributed by atoms with van der Waals surface area (Å²) in [5.74, 6) is 1.44. The Morgan fingerprint density at radius 2 is 2.14 bits per heavy atom. The zero-order chi connectivity index (χ0) is 14.8. The largest absolute Gasteiger partial charge is 0.485 e. The number of pyridine rings is 1. The Balaban J connectivity index is 1.70. The van der Waals surface area contributed by atoms with Crippen LogP contribution in [0, 0.1) is 6.92 Å². The van der Waals surface area contributed by atoms with Crippen molar-refractivity contribution in [2.24, 2.45) is 0 Å². The van der Waals surface area contributed by atoms with Crippen LogP contribution >= 0.6 is 15.9 Å². The Kier molecular flexibility index (Phi) is 3.79. The van der Waals surface area contributed by atoms with Crippen LogP contribution in [0.5, 0.6) is 11.5 Å². The third-order valence-electron chi connectivity index (χ3n) is 3.10. The van der Waals surface area contributed by atoms with Gasteiger partial charge in [-0.25, -0.2) is 4.98 Å². The van der Waals surface area contributed by atoms with Gasteiger partial charge in [-0.3, -0.25) is 4.79 Å². The van der Waals surface area contributed by atoms with Crippen molar-refractivity contribution in [3.05, 3.63) is 46.6 Å². The van der Waals surface area contributed by atoms with Crippen LogP contribution in [0.4, 0.5) is 5.82 Å². The number of carbonyl (C=O) groups excluding carboxylic acids is 1. The predicted molar refractivity (Wildman–Crippen MR) is 81.7 cm³/mol. The summed E-state index contributed by atoms with van der Waals surface area (Å²) in [6.45, 7) is 2.11. The van der Waals surface area contributed by atoms with E-state index in [0.29, 0.717) is 17.3 Å². The number of benzene rings is 1. The molecule has 6 heteroatoms. The van der Waals surface area contributed by atoms with Crippen LogP contribution in [0.1, 0.15) is 5.56 Å². The molecule has 1 aromatic heterocycles. The summed E-state index contributed by atoms with van der Waals surface area (Å²) >= 11 is 3.37. The van der Waals surface area contributed by atoms with E-state index in [1.165, 1.54) is 0 Å². The Labute approximate surface area is 130 Å². The highest BCUT2D eigenvalue weighted by atomic mass is 79.9. The number of rotatable bonds is 2. The van der Waals surface area contributed by atoms with Crippen molar-refractivity contribution < 1.29 is 14.3 Å². The highest BCUT2D eigenvalue weighted by Crippen LogP contribution is 2.31. The molecule has 2 heterocycles. The first-order chi connectivity index (χ1) is 10.1. The molecule has 5 nitrogen and oxygen atoms in total. The minimum Gasteiger partial charge on any atom is -0.485 e. The lowest BCUT2D eigenvalue weighted by atomic mass is 10.2. The monoisotopic (exact) mass is 348 g/mol. The Bertz CT molecular complexity index is 690. The molecule has 0 bridgehead atoms. The number of ether oxygens (including phenoxy) is 2. The van der Waals surface area contributed by atoms with E-state index < -0.39 is 6.10 Å². The molecule has 1 aliphatic rings. The summed E-state index contributed by atoms with van der Waals surface area (Å²) in [5, 5.41) is 2.73. The molecule has 0 aliphatic carbocycles. The highest BCUT2D eigenvalue weighted by molar-refractivity contribution is 9.10. The standard InChI is InChI=1S/C15H13BrN2O3/c1-9-6-14(17-7-10(9)16)18-15(19)13-8-20-11-4-2-3-5-12(11)21-13/h2-7,13H,8H2,1H3,(H,17,18,19). The topological polar surface area (TPSA) is 60.5 Å². The molecule has 0 saturated heterocycles. The molecule has 1 aromatic carbocycles. The second kappa shape index (κ2) is 5.73. The Hall–Kier alpha value is -2.08. The van der Waals surface area contributed by atoms with Gasteiger partial charge in [-0.15, -0.1) is 0 Å². The lowest BCUT2D eigenvalue weighted by Gasteiger charge is -2.25. The molecule has 2 aromatic rings. The number of aryl methyl sites for hydroxylation is 1. The van der Waals surface area contributed by atoms with Crippen LogP contribution < -0.4 is 14.8 Å². The van der Waals surface area contributed by atoms with E-state index in [1.54, 1.807) is 18.3 Å². The number of hydrogen-bond acceptors (Lipinski definition) is 4.